The Morgan fingerprint density at radius 2 is 1.30 bits per heavy atom. The average molecular weight is 316 g/mol. The molecule has 2 N–H and O–H groups in total. The second-order valence-electron chi connectivity index (χ2n) is 5.51. The molecule has 0 aliphatic carbocycles. The van der Waals surface area contributed by atoms with Crippen LogP contribution in [0.3, 0.4) is 0 Å². The molecule has 2 aromatic carbocycles. The lowest BCUT2D eigenvalue weighted by Gasteiger charge is -2.28. The van der Waals surface area contributed by atoms with Crippen molar-refractivity contribution >= 4 is 0 Å². The van der Waals surface area contributed by atoms with Crippen molar-refractivity contribution in [1.29, 1.82) is 0 Å². The van der Waals surface area contributed by atoms with Crippen LogP contribution < -0.4 is 0 Å². The molecule has 23 heavy (non-hydrogen) atoms. The average Bonchev–Trinajstić information content (AvgIpc) is 2.61. The second kappa shape index (κ2) is 9.43. The Kier molecular flexibility index (Phi) is 7.23. The van der Waals surface area contributed by atoms with E-state index in [2.05, 4.69) is 0 Å². The van der Waals surface area contributed by atoms with Crippen molar-refractivity contribution in [3.05, 3.63) is 71.8 Å². The van der Waals surface area contributed by atoms with Gasteiger partial charge in [-0.3, -0.25) is 0 Å². The molecule has 0 saturated carbocycles. The number of benzene rings is 2. The predicted molar refractivity (Wildman–Crippen MR) is 88.8 cm³/mol. The Bertz CT molecular complexity index is 544. The zero-order valence-corrected chi connectivity index (χ0v) is 13.3. The number of aliphatic hydroxyl groups excluding tert-OH is 2. The molecule has 0 aromatic heterocycles. The smallest absolute Gasteiger partial charge is 0.112 e. The molecule has 4 heteroatoms. The van der Waals surface area contributed by atoms with Gasteiger partial charge in [0.15, 0.2) is 0 Å². The molecule has 0 saturated heterocycles. The Morgan fingerprint density at radius 1 is 0.826 bits per heavy atom. The highest BCUT2D eigenvalue weighted by atomic mass is 16.5. The van der Waals surface area contributed by atoms with E-state index in [4.69, 9.17) is 9.47 Å². The molecule has 0 aliphatic heterocycles. The standard InChI is InChI=1S/C19H24O4/c1-15(22-13-16-8-4-2-5-9-16)19(18(21)12-20)23-14-17-10-6-3-7-11-17/h2-11,15,18-21H,12-14H2,1H3/t15-,18+,19+/m0/s1. The highest BCUT2D eigenvalue weighted by Crippen LogP contribution is 2.14. The fraction of sp³-hybridized carbons (Fsp3) is 0.368. The first-order valence-electron chi connectivity index (χ1n) is 7.80. The van der Waals surface area contributed by atoms with Gasteiger partial charge in [-0.1, -0.05) is 60.7 Å². The number of hydrogen-bond acceptors (Lipinski definition) is 4. The van der Waals surface area contributed by atoms with Gasteiger partial charge in [0.05, 0.1) is 25.9 Å². The van der Waals surface area contributed by atoms with Gasteiger partial charge in [0.2, 0.25) is 0 Å². The molecule has 0 aliphatic rings. The first-order valence-corrected chi connectivity index (χ1v) is 7.80. The fourth-order valence-electron chi connectivity index (χ4n) is 2.33. The van der Waals surface area contributed by atoms with Crippen molar-refractivity contribution < 1.29 is 19.7 Å². The highest BCUT2D eigenvalue weighted by molar-refractivity contribution is 5.14. The summed E-state index contributed by atoms with van der Waals surface area (Å²) in [6, 6.07) is 19.5. The van der Waals surface area contributed by atoms with Gasteiger partial charge in [0.25, 0.3) is 0 Å². The van der Waals surface area contributed by atoms with E-state index in [9.17, 15) is 10.2 Å². The normalized spacial score (nSPS) is 15.1. The third kappa shape index (κ3) is 5.77. The minimum atomic E-state index is -0.982. The maximum atomic E-state index is 10.0. The molecular formula is C19H24O4. The van der Waals surface area contributed by atoms with Gasteiger partial charge in [-0.2, -0.15) is 0 Å². The van der Waals surface area contributed by atoms with E-state index in [-0.39, 0.29) is 12.7 Å². The van der Waals surface area contributed by atoms with Crippen molar-refractivity contribution in [2.75, 3.05) is 6.61 Å². The van der Waals surface area contributed by atoms with Crippen molar-refractivity contribution in [3.63, 3.8) is 0 Å². The molecular weight excluding hydrogens is 292 g/mol. The Morgan fingerprint density at radius 3 is 1.78 bits per heavy atom. The number of aliphatic hydroxyl groups is 2. The molecule has 0 amide bonds. The van der Waals surface area contributed by atoms with Crippen molar-refractivity contribution in [3.8, 4) is 0 Å². The highest BCUT2D eigenvalue weighted by Gasteiger charge is 2.26. The first kappa shape index (κ1) is 17.6. The van der Waals surface area contributed by atoms with Gasteiger partial charge >= 0.3 is 0 Å². The molecule has 0 fully saturated rings. The number of ether oxygens (including phenoxy) is 2. The van der Waals surface area contributed by atoms with Crippen LogP contribution in [0.5, 0.6) is 0 Å². The van der Waals surface area contributed by atoms with Crippen molar-refractivity contribution in [2.45, 2.75) is 38.4 Å². The SMILES string of the molecule is C[C@H](OCc1ccccc1)[C@@H](OCc1ccccc1)[C@H](O)CO. The maximum absolute atomic E-state index is 10.0. The molecule has 0 unspecified atom stereocenters. The minimum absolute atomic E-state index is 0.346. The lowest BCUT2D eigenvalue weighted by Crippen LogP contribution is -2.41. The van der Waals surface area contributed by atoms with Crippen LogP contribution in [0.25, 0.3) is 0 Å². The summed E-state index contributed by atoms with van der Waals surface area (Å²) >= 11 is 0. The van der Waals surface area contributed by atoms with E-state index < -0.39 is 12.2 Å². The number of hydrogen-bond donors (Lipinski definition) is 2. The van der Waals surface area contributed by atoms with E-state index in [0.29, 0.717) is 13.2 Å². The monoisotopic (exact) mass is 316 g/mol. The van der Waals surface area contributed by atoms with E-state index in [1.165, 1.54) is 0 Å². The summed E-state index contributed by atoms with van der Waals surface area (Å²) < 4.78 is 11.6. The first-order chi connectivity index (χ1) is 11.2. The van der Waals surface area contributed by atoms with E-state index in [1.807, 2.05) is 67.6 Å². The molecule has 4 nitrogen and oxygen atoms in total. The Balaban J connectivity index is 1.91. The predicted octanol–water partition coefficient (Wildman–Crippen LogP) is 2.53. The third-order valence-electron chi connectivity index (χ3n) is 3.67. The van der Waals surface area contributed by atoms with E-state index >= 15 is 0 Å². The Labute approximate surface area is 137 Å². The summed E-state index contributed by atoms with van der Waals surface area (Å²) in [5.74, 6) is 0. The lowest BCUT2D eigenvalue weighted by molar-refractivity contribution is -0.135. The minimum Gasteiger partial charge on any atom is -0.394 e. The zero-order chi connectivity index (χ0) is 16.5. The summed E-state index contributed by atoms with van der Waals surface area (Å²) in [5, 5.41) is 19.3. The van der Waals surface area contributed by atoms with Crippen LogP contribution in [0.15, 0.2) is 60.7 Å². The summed E-state index contributed by atoms with van der Waals surface area (Å²) in [7, 11) is 0. The van der Waals surface area contributed by atoms with Gasteiger partial charge in [0, 0.05) is 0 Å². The van der Waals surface area contributed by atoms with Gasteiger partial charge in [-0.25, -0.2) is 0 Å². The van der Waals surface area contributed by atoms with Crippen LogP contribution in [0.1, 0.15) is 18.1 Å². The van der Waals surface area contributed by atoms with Crippen molar-refractivity contribution in [2.24, 2.45) is 0 Å². The molecule has 3 atom stereocenters. The van der Waals surface area contributed by atoms with Gasteiger partial charge < -0.3 is 19.7 Å². The molecule has 0 radical (unpaired) electrons. The van der Waals surface area contributed by atoms with Gasteiger partial charge in [-0.15, -0.1) is 0 Å². The summed E-state index contributed by atoms with van der Waals surface area (Å²) in [6.07, 6.45) is -1.92. The van der Waals surface area contributed by atoms with Crippen LogP contribution in [-0.4, -0.2) is 35.1 Å². The molecule has 124 valence electrons. The largest absolute Gasteiger partial charge is 0.394 e. The number of rotatable bonds is 9. The van der Waals surface area contributed by atoms with Crippen molar-refractivity contribution in [1.82, 2.24) is 0 Å². The van der Waals surface area contributed by atoms with Crippen LogP contribution in [0, 0.1) is 0 Å². The van der Waals surface area contributed by atoms with Crippen LogP contribution in [-0.2, 0) is 22.7 Å². The molecule has 2 aromatic rings. The maximum Gasteiger partial charge on any atom is 0.112 e. The summed E-state index contributed by atoms with van der Waals surface area (Å²) in [5.41, 5.74) is 2.07. The quantitative estimate of drug-likeness (QED) is 0.746. The molecule has 0 spiro atoms. The Hall–Kier alpha value is -1.72. The van der Waals surface area contributed by atoms with Crippen LogP contribution in [0.4, 0.5) is 0 Å². The summed E-state index contributed by atoms with van der Waals surface area (Å²) in [6.45, 7) is 2.28. The molecule has 0 bridgehead atoms. The fourth-order valence-corrected chi connectivity index (χ4v) is 2.33. The second-order valence-corrected chi connectivity index (χ2v) is 5.51. The molecule has 0 heterocycles. The van der Waals surface area contributed by atoms with Gasteiger partial charge in [0.1, 0.15) is 12.2 Å². The third-order valence-corrected chi connectivity index (χ3v) is 3.67. The topological polar surface area (TPSA) is 58.9 Å². The van der Waals surface area contributed by atoms with Crippen LogP contribution >= 0.6 is 0 Å². The molecule has 2 rings (SSSR count). The van der Waals surface area contributed by atoms with Crippen LogP contribution in [0.2, 0.25) is 0 Å². The van der Waals surface area contributed by atoms with Gasteiger partial charge in [-0.05, 0) is 18.1 Å². The van der Waals surface area contributed by atoms with E-state index in [1.54, 1.807) is 0 Å². The zero-order valence-electron chi connectivity index (χ0n) is 13.3. The lowest BCUT2D eigenvalue weighted by atomic mass is 10.1. The summed E-state index contributed by atoms with van der Waals surface area (Å²) in [4.78, 5) is 0. The van der Waals surface area contributed by atoms with E-state index in [0.717, 1.165) is 11.1 Å².